The molecule has 3 amide bonds. The van der Waals surface area contributed by atoms with Crippen molar-refractivity contribution < 1.29 is 32.7 Å². The number of urea groups is 1. The number of carbonyl (C=O) groups excluding carboxylic acids is 3. The maximum absolute atomic E-state index is 12.5. The van der Waals surface area contributed by atoms with Gasteiger partial charge >= 0.3 is 19.6 Å². The molecule has 2 atom stereocenters. The van der Waals surface area contributed by atoms with Crippen molar-refractivity contribution >= 4 is 25.5 Å². The monoisotopic (exact) mass is 308 g/mol. The molecule has 114 valence electrons. The number of imide groups is 1. The van der Waals surface area contributed by atoms with Crippen LogP contribution in [0.3, 0.4) is 0 Å². The maximum Gasteiger partial charge on any atom is 0.345 e. The number of methoxy groups -OCH3 is 1. The molecule has 0 spiro atoms. The van der Waals surface area contributed by atoms with Gasteiger partial charge < -0.3 is 18.7 Å². The average molecular weight is 308 g/mol. The molecule has 1 aliphatic rings. The van der Waals surface area contributed by atoms with Gasteiger partial charge in [-0.2, -0.15) is 0 Å². The van der Waals surface area contributed by atoms with E-state index in [4.69, 9.17) is 9.05 Å². The molecule has 10 heteroatoms. The van der Waals surface area contributed by atoms with E-state index in [2.05, 4.69) is 4.74 Å². The molecule has 0 radical (unpaired) electrons. The smallest absolute Gasteiger partial charge is 0.345 e. The molecule has 1 aliphatic heterocycles. The highest BCUT2D eigenvalue weighted by atomic mass is 31.2. The van der Waals surface area contributed by atoms with Crippen LogP contribution in [0.2, 0.25) is 0 Å². The number of ether oxygens (including phenoxy) is 1. The Bertz CT molecular complexity index is 472. The van der Waals surface area contributed by atoms with Gasteiger partial charge in [-0.05, 0) is 0 Å². The Balaban J connectivity index is 3.39. The van der Waals surface area contributed by atoms with E-state index in [9.17, 15) is 18.9 Å². The number of carbonyl (C=O) groups is 3. The van der Waals surface area contributed by atoms with Crippen molar-refractivity contribution in [2.75, 3.05) is 35.4 Å². The molecule has 1 rings (SSSR count). The van der Waals surface area contributed by atoms with Crippen molar-refractivity contribution in [1.29, 1.82) is 0 Å². The lowest BCUT2D eigenvalue weighted by Gasteiger charge is -2.41. The fraction of sp³-hybridized carbons (Fsp3) is 0.700. The van der Waals surface area contributed by atoms with E-state index in [1.165, 1.54) is 14.1 Å². The van der Waals surface area contributed by atoms with Crippen molar-refractivity contribution in [1.82, 2.24) is 9.80 Å². The van der Waals surface area contributed by atoms with E-state index in [0.717, 1.165) is 31.1 Å². The van der Waals surface area contributed by atoms with Crippen molar-refractivity contribution in [2.45, 2.75) is 11.7 Å². The molecule has 2 unspecified atom stereocenters. The number of amides is 3. The molecule has 1 heterocycles. The lowest BCUT2D eigenvalue weighted by Crippen LogP contribution is -2.64. The third-order valence-corrected chi connectivity index (χ3v) is 5.38. The predicted molar refractivity (Wildman–Crippen MR) is 67.1 cm³/mol. The van der Waals surface area contributed by atoms with Gasteiger partial charge in [-0.1, -0.05) is 0 Å². The van der Waals surface area contributed by atoms with Gasteiger partial charge in [0.2, 0.25) is 5.91 Å². The lowest BCUT2D eigenvalue weighted by atomic mass is 10.1. The fourth-order valence-electron chi connectivity index (χ4n) is 2.01. The molecule has 0 aromatic rings. The molecule has 0 aromatic carbocycles. The van der Waals surface area contributed by atoms with Crippen LogP contribution in [-0.4, -0.2) is 74.8 Å². The second-order valence-corrected chi connectivity index (χ2v) is 6.47. The van der Waals surface area contributed by atoms with Gasteiger partial charge in [0.05, 0.1) is 7.11 Å². The van der Waals surface area contributed by atoms with Crippen molar-refractivity contribution in [3.63, 3.8) is 0 Å². The van der Waals surface area contributed by atoms with Gasteiger partial charge in [0.25, 0.3) is 0 Å². The summed E-state index contributed by atoms with van der Waals surface area (Å²) in [5.74, 6) is -1.70. The van der Waals surface area contributed by atoms with Gasteiger partial charge in [0.15, 0.2) is 11.7 Å². The van der Waals surface area contributed by atoms with E-state index in [0.29, 0.717) is 0 Å². The average Bonchev–Trinajstić information content (AvgIpc) is 2.46. The molecule has 0 bridgehead atoms. The molecule has 20 heavy (non-hydrogen) atoms. The predicted octanol–water partition coefficient (Wildman–Crippen LogP) is -0.0937. The van der Waals surface area contributed by atoms with Crippen molar-refractivity contribution in [3.8, 4) is 0 Å². The van der Waals surface area contributed by atoms with Crippen LogP contribution in [0.1, 0.15) is 0 Å². The zero-order chi connectivity index (χ0) is 15.7. The number of rotatable bonds is 4. The zero-order valence-electron chi connectivity index (χ0n) is 11.9. The lowest BCUT2D eigenvalue weighted by molar-refractivity contribution is -0.150. The summed E-state index contributed by atoms with van der Waals surface area (Å²) in [5.41, 5.74) is -1.47. The van der Waals surface area contributed by atoms with Crippen molar-refractivity contribution in [3.05, 3.63) is 0 Å². The highest BCUT2D eigenvalue weighted by Crippen LogP contribution is 2.55. The molecular weight excluding hydrogens is 291 g/mol. The maximum atomic E-state index is 12.5. The number of hydrogen-bond donors (Lipinski definition) is 0. The Morgan fingerprint density at radius 1 is 1.15 bits per heavy atom. The topological polar surface area (TPSA) is 102 Å². The second-order valence-electron chi connectivity index (χ2n) is 4.11. The Labute approximate surface area is 116 Å². The molecule has 0 saturated carbocycles. The van der Waals surface area contributed by atoms with Crippen LogP contribution in [0.4, 0.5) is 4.79 Å². The summed E-state index contributed by atoms with van der Waals surface area (Å²) in [5, 5.41) is 0. The first-order valence-corrected chi connectivity index (χ1v) is 7.19. The van der Waals surface area contributed by atoms with E-state index in [1.807, 2.05) is 0 Å². The fourth-order valence-corrected chi connectivity index (χ4v) is 3.73. The minimum Gasteiger partial charge on any atom is -0.467 e. The van der Waals surface area contributed by atoms with Crippen LogP contribution in [0, 0.1) is 0 Å². The minimum absolute atomic E-state index is 0.708. The van der Waals surface area contributed by atoms with Crippen LogP contribution in [-0.2, 0) is 27.9 Å². The second kappa shape index (κ2) is 5.90. The normalized spacial score (nSPS) is 24.1. The Hall–Kier alpha value is -1.44. The summed E-state index contributed by atoms with van der Waals surface area (Å²) >= 11 is 0. The van der Waals surface area contributed by atoms with Gasteiger partial charge in [-0.15, -0.1) is 0 Å². The number of likely N-dealkylation sites (N-methyl/N-ethyl adjacent to an activating group) is 1. The molecule has 1 fully saturated rings. The summed E-state index contributed by atoms with van der Waals surface area (Å²) in [6.07, 6.45) is 0. The minimum atomic E-state index is -3.92. The third-order valence-electron chi connectivity index (χ3n) is 3.18. The van der Waals surface area contributed by atoms with Crippen molar-refractivity contribution in [2.24, 2.45) is 0 Å². The van der Waals surface area contributed by atoms with E-state index in [1.54, 1.807) is 0 Å². The standard InChI is InChI=1S/C10H17N2O7P/c1-11-6(9(14)17-3)7(20(16,18-4)19-5)8(13)12(2)10(11)15/h6-7H,1-5H3. The first-order valence-electron chi connectivity index (χ1n) is 5.58. The van der Waals surface area contributed by atoms with Gasteiger partial charge in [-0.25, -0.2) is 9.59 Å². The summed E-state index contributed by atoms with van der Waals surface area (Å²) < 4.78 is 26.7. The summed E-state index contributed by atoms with van der Waals surface area (Å²) in [4.78, 5) is 37.7. The van der Waals surface area contributed by atoms with Crippen LogP contribution in [0.5, 0.6) is 0 Å². The Kier molecular flexibility index (Phi) is 4.90. The Morgan fingerprint density at radius 3 is 2.05 bits per heavy atom. The molecule has 1 saturated heterocycles. The van der Waals surface area contributed by atoms with Gasteiger partial charge in [0, 0.05) is 28.3 Å². The first kappa shape index (κ1) is 16.6. The van der Waals surface area contributed by atoms with Crippen LogP contribution >= 0.6 is 7.60 Å². The van der Waals surface area contributed by atoms with E-state index >= 15 is 0 Å². The Morgan fingerprint density at radius 2 is 1.65 bits per heavy atom. The summed E-state index contributed by atoms with van der Waals surface area (Å²) in [7, 11) is 1.90. The molecule has 0 aromatic heterocycles. The third kappa shape index (κ3) is 2.44. The molecule has 0 N–H and O–H groups in total. The summed E-state index contributed by atoms with van der Waals surface area (Å²) in [6, 6.07) is -2.08. The largest absolute Gasteiger partial charge is 0.467 e. The van der Waals surface area contributed by atoms with E-state index in [-0.39, 0.29) is 0 Å². The van der Waals surface area contributed by atoms with Gasteiger partial charge in [0.1, 0.15) is 0 Å². The highest BCUT2D eigenvalue weighted by Gasteiger charge is 2.57. The quantitative estimate of drug-likeness (QED) is 0.528. The van der Waals surface area contributed by atoms with Crippen LogP contribution < -0.4 is 0 Å². The number of esters is 1. The number of nitrogens with zero attached hydrogens (tertiary/aromatic N) is 2. The number of hydrogen-bond acceptors (Lipinski definition) is 7. The van der Waals surface area contributed by atoms with Gasteiger partial charge in [-0.3, -0.25) is 14.3 Å². The van der Waals surface area contributed by atoms with E-state index < -0.39 is 37.2 Å². The zero-order valence-corrected chi connectivity index (χ0v) is 12.7. The molecule has 0 aliphatic carbocycles. The highest BCUT2D eigenvalue weighted by molar-refractivity contribution is 7.55. The molecule has 9 nitrogen and oxygen atoms in total. The van der Waals surface area contributed by atoms with Crippen LogP contribution in [0.15, 0.2) is 0 Å². The van der Waals surface area contributed by atoms with Crippen LogP contribution in [0.25, 0.3) is 0 Å². The SMILES string of the molecule is COC(=O)C1C(P(=O)(OC)OC)C(=O)N(C)C(=O)N1C. The first-order chi connectivity index (χ1) is 9.25. The summed E-state index contributed by atoms with van der Waals surface area (Å²) in [6.45, 7) is 0. The molecular formula is C10H17N2O7P.